The largest absolute Gasteiger partial charge is 0.545 e. The SMILES string of the molecule is Cc1cc(C(C)(C)C)cc(S(=O)(=O)Nc2ccc(C(=O)[O-])cc2)c1C. The fourth-order valence-corrected chi connectivity index (χ4v) is 3.83. The van der Waals surface area contributed by atoms with Crippen molar-refractivity contribution in [2.75, 3.05) is 4.72 Å². The minimum atomic E-state index is -3.80. The average Bonchev–Trinajstić information content (AvgIpc) is 2.48. The van der Waals surface area contributed by atoms with Crippen molar-refractivity contribution in [2.24, 2.45) is 0 Å². The normalized spacial score (nSPS) is 12.0. The molecule has 0 aromatic heterocycles. The number of aryl methyl sites for hydroxylation is 1. The van der Waals surface area contributed by atoms with Crippen LogP contribution < -0.4 is 9.83 Å². The molecule has 0 unspecified atom stereocenters. The Balaban J connectivity index is 2.45. The summed E-state index contributed by atoms with van der Waals surface area (Å²) in [5, 5.41) is 10.8. The van der Waals surface area contributed by atoms with Crippen LogP contribution in [0.2, 0.25) is 0 Å². The predicted molar refractivity (Wildman–Crippen MR) is 96.2 cm³/mol. The van der Waals surface area contributed by atoms with E-state index in [1.807, 2.05) is 33.8 Å². The van der Waals surface area contributed by atoms with Crippen LogP contribution in [0.15, 0.2) is 41.3 Å². The molecule has 1 N–H and O–H groups in total. The molecule has 2 rings (SSSR count). The van der Waals surface area contributed by atoms with Gasteiger partial charge in [-0.25, -0.2) is 8.42 Å². The maximum absolute atomic E-state index is 12.8. The predicted octanol–water partition coefficient (Wildman–Crippen LogP) is 2.77. The molecule has 6 heteroatoms. The molecule has 0 aliphatic heterocycles. The van der Waals surface area contributed by atoms with Crippen LogP contribution >= 0.6 is 0 Å². The molecule has 5 nitrogen and oxygen atoms in total. The number of benzene rings is 2. The first-order valence-corrected chi connectivity index (χ1v) is 9.36. The Labute approximate surface area is 148 Å². The molecule has 0 aliphatic rings. The smallest absolute Gasteiger partial charge is 0.262 e. The summed E-state index contributed by atoms with van der Waals surface area (Å²) in [5.74, 6) is -1.31. The molecule has 2 aromatic carbocycles. The molecule has 0 saturated carbocycles. The van der Waals surface area contributed by atoms with Gasteiger partial charge < -0.3 is 9.90 Å². The molecular formula is C19H22NO4S-. The molecule has 0 aliphatic carbocycles. The Bertz CT molecular complexity index is 908. The molecule has 0 atom stereocenters. The highest BCUT2D eigenvalue weighted by Crippen LogP contribution is 2.30. The maximum atomic E-state index is 12.8. The first-order valence-electron chi connectivity index (χ1n) is 7.88. The minimum absolute atomic E-state index is 0.00953. The third kappa shape index (κ3) is 4.20. The molecule has 0 spiro atoms. The Morgan fingerprint density at radius 2 is 1.60 bits per heavy atom. The molecule has 0 amide bonds. The van der Waals surface area contributed by atoms with E-state index in [1.54, 1.807) is 13.0 Å². The summed E-state index contributed by atoms with van der Waals surface area (Å²) in [5.41, 5.74) is 2.63. The second kappa shape index (κ2) is 6.52. The van der Waals surface area contributed by atoms with Gasteiger partial charge in [-0.3, -0.25) is 4.72 Å². The molecule has 2 aromatic rings. The van der Waals surface area contributed by atoms with Crippen LogP contribution in [-0.4, -0.2) is 14.4 Å². The summed E-state index contributed by atoms with van der Waals surface area (Å²) < 4.78 is 28.2. The quantitative estimate of drug-likeness (QED) is 0.908. The summed E-state index contributed by atoms with van der Waals surface area (Å²) >= 11 is 0. The molecule has 134 valence electrons. The monoisotopic (exact) mass is 360 g/mol. The molecule has 25 heavy (non-hydrogen) atoms. The molecule has 0 radical (unpaired) electrons. The van der Waals surface area contributed by atoms with Crippen LogP contribution in [-0.2, 0) is 15.4 Å². The Morgan fingerprint density at radius 3 is 2.08 bits per heavy atom. The van der Waals surface area contributed by atoms with Crippen LogP contribution in [0.1, 0.15) is 47.8 Å². The number of anilines is 1. The van der Waals surface area contributed by atoms with Crippen molar-refractivity contribution in [3.8, 4) is 0 Å². The van der Waals surface area contributed by atoms with E-state index in [4.69, 9.17) is 0 Å². The maximum Gasteiger partial charge on any atom is 0.262 e. The zero-order valence-corrected chi connectivity index (χ0v) is 15.8. The van der Waals surface area contributed by atoms with E-state index in [9.17, 15) is 18.3 Å². The van der Waals surface area contributed by atoms with E-state index in [1.165, 1.54) is 24.3 Å². The van der Waals surface area contributed by atoms with Crippen LogP contribution in [0, 0.1) is 13.8 Å². The van der Waals surface area contributed by atoms with Gasteiger partial charge in [-0.2, -0.15) is 0 Å². The lowest BCUT2D eigenvalue weighted by molar-refractivity contribution is -0.255. The lowest BCUT2D eigenvalue weighted by atomic mass is 9.85. The van der Waals surface area contributed by atoms with Gasteiger partial charge >= 0.3 is 0 Å². The van der Waals surface area contributed by atoms with Crippen LogP contribution in [0.5, 0.6) is 0 Å². The van der Waals surface area contributed by atoms with Gasteiger partial charge in [0.25, 0.3) is 10.0 Å². The first kappa shape index (κ1) is 19.0. The van der Waals surface area contributed by atoms with Gasteiger partial charge in [-0.05, 0) is 59.7 Å². The van der Waals surface area contributed by atoms with Crippen molar-refractivity contribution in [1.82, 2.24) is 0 Å². The molecule has 0 bridgehead atoms. The van der Waals surface area contributed by atoms with Gasteiger partial charge in [0.1, 0.15) is 0 Å². The number of carbonyl (C=O) groups excluding carboxylic acids is 1. The highest BCUT2D eigenvalue weighted by atomic mass is 32.2. The van der Waals surface area contributed by atoms with E-state index < -0.39 is 16.0 Å². The number of hydrogen-bond acceptors (Lipinski definition) is 4. The molecule has 0 heterocycles. The van der Waals surface area contributed by atoms with E-state index in [2.05, 4.69) is 4.72 Å². The Hall–Kier alpha value is -2.34. The van der Waals surface area contributed by atoms with Gasteiger partial charge in [-0.15, -0.1) is 0 Å². The third-order valence-corrected chi connectivity index (χ3v) is 5.66. The topological polar surface area (TPSA) is 86.3 Å². The van der Waals surface area contributed by atoms with Crippen molar-refractivity contribution < 1.29 is 18.3 Å². The van der Waals surface area contributed by atoms with Crippen LogP contribution in [0.4, 0.5) is 5.69 Å². The first-order chi connectivity index (χ1) is 11.4. The number of aromatic carboxylic acids is 1. The van der Waals surface area contributed by atoms with Gasteiger partial charge in [0.15, 0.2) is 0 Å². The minimum Gasteiger partial charge on any atom is -0.545 e. The van der Waals surface area contributed by atoms with Crippen molar-refractivity contribution in [2.45, 2.75) is 44.9 Å². The number of carbonyl (C=O) groups is 1. The number of hydrogen-bond donors (Lipinski definition) is 1. The van der Waals surface area contributed by atoms with Crippen molar-refractivity contribution in [3.05, 3.63) is 58.7 Å². The van der Waals surface area contributed by atoms with Crippen LogP contribution in [0.25, 0.3) is 0 Å². The standard InChI is InChI=1S/C19H23NO4S/c1-12-10-15(19(3,4)5)11-17(13(12)2)25(23,24)20-16-8-6-14(7-9-16)18(21)22/h6-11,20H,1-5H3,(H,21,22)/p-1. The second-order valence-corrected chi connectivity index (χ2v) is 8.79. The van der Waals surface area contributed by atoms with Crippen molar-refractivity contribution >= 4 is 21.7 Å². The number of nitrogens with one attached hydrogen (secondary N) is 1. The molecule has 0 fully saturated rings. The summed E-state index contributed by atoms with van der Waals surface area (Å²) in [6, 6.07) is 9.11. The second-order valence-electron chi connectivity index (χ2n) is 7.14. The van der Waals surface area contributed by atoms with E-state index in [-0.39, 0.29) is 15.9 Å². The van der Waals surface area contributed by atoms with Gasteiger partial charge in [0.05, 0.1) is 10.9 Å². The summed E-state index contributed by atoms with van der Waals surface area (Å²) in [6.45, 7) is 9.74. The Kier molecular flexibility index (Phi) is 4.95. The summed E-state index contributed by atoms with van der Waals surface area (Å²) in [6.07, 6.45) is 0. The molecule has 0 saturated heterocycles. The van der Waals surface area contributed by atoms with Crippen LogP contribution in [0.3, 0.4) is 0 Å². The number of carboxylic acids is 1. The van der Waals surface area contributed by atoms with E-state index in [0.29, 0.717) is 11.3 Å². The number of carboxylic acid groups (broad SMARTS) is 1. The highest BCUT2D eigenvalue weighted by molar-refractivity contribution is 7.92. The fourth-order valence-electron chi connectivity index (χ4n) is 2.42. The lowest BCUT2D eigenvalue weighted by Crippen LogP contribution is -2.22. The van der Waals surface area contributed by atoms with E-state index in [0.717, 1.165) is 11.1 Å². The van der Waals surface area contributed by atoms with E-state index >= 15 is 0 Å². The summed E-state index contributed by atoms with van der Waals surface area (Å²) in [4.78, 5) is 11.0. The zero-order valence-electron chi connectivity index (χ0n) is 15.0. The molecular weight excluding hydrogens is 338 g/mol. The Morgan fingerprint density at radius 1 is 1.04 bits per heavy atom. The third-order valence-electron chi connectivity index (χ3n) is 4.15. The summed E-state index contributed by atoms with van der Waals surface area (Å²) in [7, 11) is -3.80. The van der Waals surface area contributed by atoms with Gasteiger partial charge in [0.2, 0.25) is 0 Å². The number of rotatable bonds is 4. The number of sulfonamides is 1. The average molecular weight is 360 g/mol. The van der Waals surface area contributed by atoms with Gasteiger partial charge in [0, 0.05) is 5.69 Å². The zero-order chi connectivity index (χ0) is 19.0. The van der Waals surface area contributed by atoms with Crippen molar-refractivity contribution in [1.29, 1.82) is 0 Å². The highest BCUT2D eigenvalue weighted by Gasteiger charge is 2.23. The van der Waals surface area contributed by atoms with Crippen molar-refractivity contribution in [3.63, 3.8) is 0 Å². The van der Waals surface area contributed by atoms with Gasteiger partial charge in [-0.1, -0.05) is 39.0 Å². The fraction of sp³-hybridized carbons (Fsp3) is 0.316. The lowest BCUT2D eigenvalue weighted by Gasteiger charge is -2.22.